The highest BCUT2D eigenvalue weighted by atomic mass is 35.5. The van der Waals surface area contributed by atoms with E-state index in [1.807, 2.05) is 18.2 Å². The molecule has 1 N–H and O–H groups in total. The van der Waals surface area contributed by atoms with Crippen LogP contribution in [0.15, 0.2) is 24.3 Å². The molecule has 0 spiro atoms. The van der Waals surface area contributed by atoms with Crippen molar-refractivity contribution in [3.8, 4) is 0 Å². The molecule has 1 aromatic rings. The zero-order valence-corrected chi connectivity index (χ0v) is 16.7. The topological polar surface area (TPSA) is 35.6 Å². The fourth-order valence-electron chi connectivity index (χ4n) is 3.95. The van der Waals surface area contributed by atoms with Crippen LogP contribution in [0.25, 0.3) is 0 Å². The summed E-state index contributed by atoms with van der Waals surface area (Å²) >= 11 is 6.34. The maximum Gasteiger partial charge on any atom is 0.225 e. The molecule has 0 radical (unpaired) electrons. The molecule has 2 heterocycles. The molecule has 140 valence electrons. The smallest absolute Gasteiger partial charge is 0.225 e. The summed E-state index contributed by atoms with van der Waals surface area (Å²) in [7, 11) is 0. The van der Waals surface area contributed by atoms with Crippen LogP contribution in [0.3, 0.4) is 0 Å². The van der Waals surface area contributed by atoms with Crippen LogP contribution in [0, 0.1) is 5.92 Å². The Balaban J connectivity index is 0.00000225. The van der Waals surface area contributed by atoms with E-state index in [-0.39, 0.29) is 24.4 Å². The molecule has 3 rings (SSSR count). The zero-order valence-electron chi connectivity index (χ0n) is 15.1. The van der Waals surface area contributed by atoms with Crippen molar-refractivity contribution in [3.05, 3.63) is 34.9 Å². The minimum absolute atomic E-state index is 0. The standard InChI is InChI=1S/C19H28ClN3O.ClH/c1-14-13-16(7-8-21-14)19(24)23-11-9-22(10-12-23)15(2)17-5-3-4-6-18(17)20;/h3-6,14-16,21H,7-13H2,1-2H3;1H/t14-,15?,16-;/m0./s1. The second-order valence-electron chi connectivity index (χ2n) is 7.14. The molecular weight excluding hydrogens is 357 g/mol. The molecule has 3 atom stereocenters. The first-order valence-electron chi connectivity index (χ1n) is 9.07. The SMILES string of the molecule is CC(c1ccccc1Cl)N1CCN(C(=O)[C@H]2CCN[C@@H](C)C2)CC1.Cl. The summed E-state index contributed by atoms with van der Waals surface area (Å²) in [5.74, 6) is 0.558. The maximum atomic E-state index is 12.8. The second-order valence-corrected chi connectivity index (χ2v) is 7.54. The van der Waals surface area contributed by atoms with E-state index in [1.54, 1.807) is 0 Å². The van der Waals surface area contributed by atoms with Crippen molar-refractivity contribution in [1.82, 2.24) is 15.1 Å². The number of carbonyl (C=O) groups excluding carboxylic acids is 1. The lowest BCUT2D eigenvalue weighted by molar-refractivity contribution is -0.138. The van der Waals surface area contributed by atoms with Gasteiger partial charge in [0.2, 0.25) is 5.91 Å². The van der Waals surface area contributed by atoms with Gasteiger partial charge in [-0.2, -0.15) is 0 Å². The number of rotatable bonds is 3. The second kappa shape index (κ2) is 9.22. The molecule has 6 heteroatoms. The molecule has 2 aliphatic rings. The lowest BCUT2D eigenvalue weighted by Crippen LogP contribution is -2.52. The molecule has 0 aromatic heterocycles. The van der Waals surface area contributed by atoms with Gasteiger partial charge in [0.15, 0.2) is 0 Å². The predicted octanol–water partition coefficient (Wildman–Crippen LogP) is 3.36. The summed E-state index contributed by atoms with van der Waals surface area (Å²) in [6.45, 7) is 8.81. The number of amides is 1. The van der Waals surface area contributed by atoms with E-state index in [0.717, 1.165) is 50.6 Å². The average Bonchev–Trinajstić information content (AvgIpc) is 2.61. The number of piperazine rings is 1. The predicted molar refractivity (Wildman–Crippen MR) is 105 cm³/mol. The highest BCUT2D eigenvalue weighted by Gasteiger charge is 2.31. The molecule has 0 aliphatic carbocycles. The molecule has 4 nitrogen and oxygen atoms in total. The number of nitrogens with one attached hydrogen (secondary N) is 1. The number of hydrogen-bond donors (Lipinski definition) is 1. The summed E-state index contributed by atoms with van der Waals surface area (Å²) in [4.78, 5) is 17.3. The third-order valence-corrected chi connectivity index (χ3v) is 5.85. The fourth-order valence-corrected chi connectivity index (χ4v) is 4.25. The largest absolute Gasteiger partial charge is 0.340 e. The monoisotopic (exact) mass is 385 g/mol. The van der Waals surface area contributed by atoms with Gasteiger partial charge in [-0.05, 0) is 44.9 Å². The van der Waals surface area contributed by atoms with Crippen LogP contribution < -0.4 is 5.32 Å². The lowest BCUT2D eigenvalue weighted by Gasteiger charge is -2.40. The number of benzene rings is 1. The fraction of sp³-hybridized carbons (Fsp3) is 0.632. The average molecular weight is 386 g/mol. The summed E-state index contributed by atoms with van der Waals surface area (Å²) in [5, 5.41) is 4.25. The highest BCUT2D eigenvalue weighted by Crippen LogP contribution is 2.28. The Hall–Kier alpha value is -0.810. The summed E-state index contributed by atoms with van der Waals surface area (Å²) in [5.41, 5.74) is 1.17. The minimum atomic E-state index is 0. The van der Waals surface area contributed by atoms with Gasteiger partial charge in [-0.1, -0.05) is 29.8 Å². The van der Waals surface area contributed by atoms with Crippen molar-refractivity contribution >= 4 is 29.9 Å². The number of nitrogens with zero attached hydrogens (tertiary/aromatic N) is 2. The van der Waals surface area contributed by atoms with E-state index >= 15 is 0 Å². The van der Waals surface area contributed by atoms with Crippen LogP contribution in [0.2, 0.25) is 5.02 Å². The molecule has 0 bridgehead atoms. The molecule has 1 amide bonds. The molecule has 1 aromatic carbocycles. The van der Waals surface area contributed by atoms with Gasteiger partial charge in [0.1, 0.15) is 0 Å². The van der Waals surface area contributed by atoms with Crippen molar-refractivity contribution in [2.75, 3.05) is 32.7 Å². The molecule has 25 heavy (non-hydrogen) atoms. The number of halogens is 2. The van der Waals surface area contributed by atoms with E-state index in [1.165, 1.54) is 5.56 Å². The van der Waals surface area contributed by atoms with Gasteiger partial charge in [-0.15, -0.1) is 12.4 Å². The zero-order chi connectivity index (χ0) is 17.1. The molecule has 2 saturated heterocycles. The van der Waals surface area contributed by atoms with Gasteiger partial charge < -0.3 is 10.2 Å². The molecule has 1 unspecified atom stereocenters. The Morgan fingerprint density at radius 3 is 2.56 bits per heavy atom. The summed E-state index contributed by atoms with van der Waals surface area (Å²) in [6.07, 6.45) is 1.94. The lowest BCUT2D eigenvalue weighted by atomic mass is 9.91. The Labute approximate surface area is 162 Å². The van der Waals surface area contributed by atoms with Gasteiger partial charge in [0, 0.05) is 49.2 Å². The third-order valence-electron chi connectivity index (χ3n) is 5.50. The van der Waals surface area contributed by atoms with Gasteiger partial charge >= 0.3 is 0 Å². The van der Waals surface area contributed by atoms with Crippen LogP contribution in [-0.2, 0) is 4.79 Å². The van der Waals surface area contributed by atoms with Crippen molar-refractivity contribution in [1.29, 1.82) is 0 Å². The van der Waals surface area contributed by atoms with Crippen molar-refractivity contribution in [2.45, 2.75) is 38.8 Å². The third kappa shape index (κ3) is 4.88. The molecular formula is C19H29Cl2N3O. The van der Waals surface area contributed by atoms with Gasteiger partial charge in [-0.25, -0.2) is 0 Å². The Bertz CT molecular complexity index is 576. The highest BCUT2D eigenvalue weighted by molar-refractivity contribution is 6.31. The van der Waals surface area contributed by atoms with Crippen LogP contribution in [0.4, 0.5) is 0 Å². The van der Waals surface area contributed by atoms with E-state index in [2.05, 4.69) is 35.0 Å². The van der Waals surface area contributed by atoms with E-state index in [0.29, 0.717) is 11.9 Å². The van der Waals surface area contributed by atoms with Crippen LogP contribution >= 0.6 is 24.0 Å². The molecule has 2 fully saturated rings. The maximum absolute atomic E-state index is 12.8. The van der Waals surface area contributed by atoms with Crippen molar-refractivity contribution < 1.29 is 4.79 Å². The van der Waals surface area contributed by atoms with E-state index in [4.69, 9.17) is 11.6 Å². The van der Waals surface area contributed by atoms with Crippen LogP contribution in [0.1, 0.15) is 38.3 Å². The van der Waals surface area contributed by atoms with Crippen molar-refractivity contribution in [3.63, 3.8) is 0 Å². The normalized spacial score (nSPS) is 26.0. The first-order chi connectivity index (χ1) is 11.6. The number of piperidine rings is 1. The van der Waals surface area contributed by atoms with Crippen LogP contribution in [0.5, 0.6) is 0 Å². The summed E-state index contributed by atoms with van der Waals surface area (Å²) < 4.78 is 0. The first-order valence-corrected chi connectivity index (χ1v) is 9.44. The Morgan fingerprint density at radius 2 is 1.92 bits per heavy atom. The quantitative estimate of drug-likeness (QED) is 0.866. The molecule has 0 saturated carbocycles. The van der Waals surface area contributed by atoms with E-state index in [9.17, 15) is 4.79 Å². The van der Waals surface area contributed by atoms with Gasteiger partial charge in [0.25, 0.3) is 0 Å². The van der Waals surface area contributed by atoms with Crippen molar-refractivity contribution in [2.24, 2.45) is 5.92 Å². The first kappa shape index (κ1) is 20.5. The van der Waals surface area contributed by atoms with E-state index < -0.39 is 0 Å². The minimum Gasteiger partial charge on any atom is -0.340 e. The summed E-state index contributed by atoms with van der Waals surface area (Å²) in [6, 6.07) is 8.79. The van der Waals surface area contributed by atoms with Gasteiger partial charge in [-0.3, -0.25) is 9.69 Å². The Morgan fingerprint density at radius 1 is 1.24 bits per heavy atom. The van der Waals surface area contributed by atoms with Gasteiger partial charge in [0.05, 0.1) is 0 Å². The Kier molecular flexibility index (Phi) is 7.56. The molecule has 2 aliphatic heterocycles. The van der Waals surface area contributed by atoms with Crippen LogP contribution in [-0.4, -0.2) is 54.5 Å². The number of carbonyl (C=O) groups is 1. The number of hydrogen-bond acceptors (Lipinski definition) is 3.